The van der Waals surface area contributed by atoms with Gasteiger partial charge in [-0.05, 0) is 44.7 Å². The molecule has 2 heterocycles. The maximum atomic E-state index is 12.0. The van der Waals surface area contributed by atoms with E-state index in [9.17, 15) is 9.59 Å². The van der Waals surface area contributed by atoms with Crippen molar-refractivity contribution in [1.82, 2.24) is 16.0 Å². The van der Waals surface area contributed by atoms with Crippen molar-refractivity contribution in [3.63, 3.8) is 0 Å². The van der Waals surface area contributed by atoms with Crippen molar-refractivity contribution in [2.45, 2.75) is 39.5 Å². The van der Waals surface area contributed by atoms with Gasteiger partial charge in [0.25, 0.3) is 5.91 Å². The standard InChI is InChI=1S/C15H17N3O3S/c1-8-11(9(2)21-18-8)7-14(19)16-17-15(20)13-6-10-4-3-5-12(10)22-13/h6H,3-5,7H2,1-2H3,(H,16,19)(H,17,20). The maximum absolute atomic E-state index is 12.0. The molecule has 0 aromatic carbocycles. The third kappa shape index (κ3) is 2.89. The molecule has 2 amide bonds. The van der Waals surface area contributed by atoms with E-state index in [-0.39, 0.29) is 18.2 Å². The molecule has 22 heavy (non-hydrogen) atoms. The molecular weight excluding hydrogens is 302 g/mol. The number of nitrogens with one attached hydrogen (secondary N) is 2. The summed E-state index contributed by atoms with van der Waals surface area (Å²) in [6.07, 6.45) is 3.38. The van der Waals surface area contributed by atoms with Crippen molar-refractivity contribution in [3.05, 3.63) is 38.4 Å². The number of aromatic nitrogens is 1. The summed E-state index contributed by atoms with van der Waals surface area (Å²) in [5.41, 5.74) is 7.60. The van der Waals surface area contributed by atoms with Gasteiger partial charge in [-0.15, -0.1) is 11.3 Å². The molecule has 0 bridgehead atoms. The second-order valence-corrected chi connectivity index (χ2v) is 6.53. The summed E-state index contributed by atoms with van der Waals surface area (Å²) in [6.45, 7) is 3.54. The molecular formula is C15H17N3O3S. The number of amides is 2. The average molecular weight is 319 g/mol. The normalized spacial score (nSPS) is 13.0. The van der Waals surface area contributed by atoms with E-state index >= 15 is 0 Å². The molecule has 0 aliphatic heterocycles. The summed E-state index contributed by atoms with van der Waals surface area (Å²) < 4.78 is 5.01. The highest BCUT2D eigenvalue weighted by molar-refractivity contribution is 7.14. The van der Waals surface area contributed by atoms with Crippen molar-refractivity contribution in [3.8, 4) is 0 Å². The molecule has 2 N–H and O–H groups in total. The Bertz CT molecular complexity index is 691. The molecule has 2 aromatic heterocycles. The highest BCUT2D eigenvalue weighted by Crippen LogP contribution is 2.30. The van der Waals surface area contributed by atoms with Gasteiger partial charge in [0.05, 0.1) is 17.0 Å². The molecule has 7 heteroatoms. The lowest BCUT2D eigenvalue weighted by atomic mass is 10.1. The van der Waals surface area contributed by atoms with Crippen LogP contribution >= 0.6 is 11.3 Å². The Labute approximate surface area is 131 Å². The van der Waals surface area contributed by atoms with E-state index in [1.54, 1.807) is 13.8 Å². The largest absolute Gasteiger partial charge is 0.361 e. The van der Waals surface area contributed by atoms with Crippen LogP contribution in [0.15, 0.2) is 10.6 Å². The molecule has 116 valence electrons. The maximum Gasteiger partial charge on any atom is 0.279 e. The number of hydrogen-bond donors (Lipinski definition) is 2. The number of fused-ring (bicyclic) bond motifs is 1. The van der Waals surface area contributed by atoms with Gasteiger partial charge in [-0.1, -0.05) is 5.16 Å². The fraction of sp³-hybridized carbons (Fsp3) is 0.400. The lowest BCUT2D eigenvalue weighted by Crippen LogP contribution is -2.42. The zero-order chi connectivity index (χ0) is 15.7. The molecule has 6 nitrogen and oxygen atoms in total. The molecule has 0 unspecified atom stereocenters. The van der Waals surface area contributed by atoms with E-state index in [0.717, 1.165) is 24.8 Å². The first-order valence-corrected chi connectivity index (χ1v) is 7.98. The quantitative estimate of drug-likeness (QED) is 0.846. The van der Waals surface area contributed by atoms with E-state index in [2.05, 4.69) is 16.0 Å². The Morgan fingerprint density at radius 2 is 2.14 bits per heavy atom. The molecule has 3 rings (SSSR count). The summed E-state index contributed by atoms with van der Waals surface area (Å²) in [5, 5.41) is 3.80. The van der Waals surface area contributed by atoms with Gasteiger partial charge in [-0.25, -0.2) is 0 Å². The highest BCUT2D eigenvalue weighted by atomic mass is 32.1. The highest BCUT2D eigenvalue weighted by Gasteiger charge is 2.19. The van der Waals surface area contributed by atoms with Crippen molar-refractivity contribution in [1.29, 1.82) is 0 Å². The van der Waals surface area contributed by atoms with Crippen LogP contribution in [0.4, 0.5) is 0 Å². The number of rotatable bonds is 3. The van der Waals surface area contributed by atoms with Crippen LogP contribution < -0.4 is 10.9 Å². The topological polar surface area (TPSA) is 84.2 Å². The molecule has 1 aliphatic rings. The minimum absolute atomic E-state index is 0.127. The molecule has 2 aromatic rings. The first-order chi connectivity index (χ1) is 10.5. The Morgan fingerprint density at radius 3 is 2.82 bits per heavy atom. The second kappa shape index (κ2) is 5.92. The van der Waals surface area contributed by atoms with Crippen molar-refractivity contribution >= 4 is 23.2 Å². The lowest BCUT2D eigenvalue weighted by molar-refractivity contribution is -0.121. The number of carbonyl (C=O) groups is 2. The van der Waals surface area contributed by atoms with Gasteiger partial charge >= 0.3 is 0 Å². The monoisotopic (exact) mass is 319 g/mol. The van der Waals surface area contributed by atoms with Gasteiger partial charge in [0.15, 0.2) is 0 Å². The van der Waals surface area contributed by atoms with Gasteiger partial charge in [0.1, 0.15) is 5.76 Å². The fourth-order valence-corrected chi connectivity index (χ4v) is 3.74. The Hall–Kier alpha value is -2.15. The Kier molecular flexibility index (Phi) is 3.98. The summed E-state index contributed by atoms with van der Waals surface area (Å²) in [6, 6.07) is 1.92. The van der Waals surface area contributed by atoms with Gasteiger partial charge in [-0.3, -0.25) is 20.4 Å². The summed E-state index contributed by atoms with van der Waals surface area (Å²) >= 11 is 1.50. The van der Waals surface area contributed by atoms with E-state index in [0.29, 0.717) is 16.3 Å². The summed E-state index contributed by atoms with van der Waals surface area (Å²) in [4.78, 5) is 25.9. The third-order valence-corrected chi connectivity index (χ3v) is 5.04. The lowest BCUT2D eigenvalue weighted by Gasteiger charge is -2.06. The van der Waals surface area contributed by atoms with E-state index in [1.165, 1.54) is 21.8 Å². The number of hydrazine groups is 1. The first kappa shape index (κ1) is 14.8. The molecule has 1 aliphatic carbocycles. The van der Waals surface area contributed by atoms with Crippen molar-refractivity contribution < 1.29 is 14.1 Å². The summed E-state index contributed by atoms with van der Waals surface area (Å²) in [5.74, 6) is 0.0482. The molecule has 0 saturated heterocycles. The predicted octanol–water partition coefficient (Wildman–Crippen LogP) is 1.85. The first-order valence-electron chi connectivity index (χ1n) is 7.17. The predicted molar refractivity (Wildman–Crippen MR) is 81.6 cm³/mol. The molecule has 0 atom stereocenters. The van der Waals surface area contributed by atoms with Gasteiger partial charge in [0.2, 0.25) is 5.91 Å². The molecule has 0 fully saturated rings. The van der Waals surface area contributed by atoms with Crippen LogP contribution in [0, 0.1) is 13.8 Å². The van der Waals surface area contributed by atoms with Crippen LogP contribution in [-0.2, 0) is 24.1 Å². The van der Waals surface area contributed by atoms with E-state index in [1.807, 2.05) is 6.07 Å². The number of carbonyl (C=O) groups excluding carboxylic acids is 2. The van der Waals surface area contributed by atoms with E-state index in [4.69, 9.17) is 4.52 Å². The van der Waals surface area contributed by atoms with Gasteiger partial charge in [-0.2, -0.15) is 0 Å². The van der Waals surface area contributed by atoms with Crippen LogP contribution in [-0.4, -0.2) is 17.0 Å². The Balaban J connectivity index is 1.55. The number of nitrogens with zero attached hydrogens (tertiary/aromatic N) is 1. The second-order valence-electron chi connectivity index (χ2n) is 5.39. The van der Waals surface area contributed by atoms with Crippen LogP contribution in [0.1, 0.15) is 43.6 Å². The third-order valence-electron chi connectivity index (χ3n) is 3.80. The van der Waals surface area contributed by atoms with Crippen LogP contribution in [0.5, 0.6) is 0 Å². The summed E-state index contributed by atoms with van der Waals surface area (Å²) in [7, 11) is 0. The Morgan fingerprint density at radius 1 is 1.32 bits per heavy atom. The zero-order valence-corrected chi connectivity index (χ0v) is 13.3. The van der Waals surface area contributed by atoms with Crippen molar-refractivity contribution in [2.24, 2.45) is 0 Å². The molecule has 0 spiro atoms. The van der Waals surface area contributed by atoms with Crippen LogP contribution in [0.25, 0.3) is 0 Å². The van der Waals surface area contributed by atoms with Crippen molar-refractivity contribution in [2.75, 3.05) is 0 Å². The fourth-order valence-electron chi connectivity index (χ4n) is 2.59. The van der Waals surface area contributed by atoms with Gasteiger partial charge < -0.3 is 4.52 Å². The minimum atomic E-state index is -0.299. The zero-order valence-electron chi connectivity index (χ0n) is 12.5. The number of hydrogen-bond acceptors (Lipinski definition) is 5. The SMILES string of the molecule is Cc1noc(C)c1CC(=O)NNC(=O)c1cc2c(s1)CCC2. The van der Waals surface area contributed by atoms with Crippen LogP contribution in [0.3, 0.4) is 0 Å². The smallest absolute Gasteiger partial charge is 0.279 e. The van der Waals surface area contributed by atoms with Gasteiger partial charge in [0, 0.05) is 10.4 Å². The van der Waals surface area contributed by atoms with Crippen LogP contribution in [0.2, 0.25) is 0 Å². The average Bonchev–Trinajstić information content (AvgIpc) is 3.15. The molecule has 0 radical (unpaired) electrons. The minimum Gasteiger partial charge on any atom is -0.361 e. The van der Waals surface area contributed by atoms with E-state index < -0.39 is 0 Å². The molecule has 0 saturated carbocycles. The number of aryl methyl sites for hydroxylation is 4. The number of thiophene rings is 1.